The number of hydrogen-bond acceptors (Lipinski definition) is 8. The van der Waals surface area contributed by atoms with Gasteiger partial charge in [-0.2, -0.15) is 15.5 Å². The Morgan fingerprint density at radius 3 is 3.03 bits per heavy atom. The highest BCUT2D eigenvalue weighted by Gasteiger charge is 2.23. The van der Waals surface area contributed by atoms with E-state index in [2.05, 4.69) is 26.9 Å². The summed E-state index contributed by atoms with van der Waals surface area (Å²) < 4.78 is 12.1. The predicted molar refractivity (Wildman–Crippen MR) is 111 cm³/mol. The van der Waals surface area contributed by atoms with E-state index in [0.29, 0.717) is 35.6 Å². The van der Waals surface area contributed by atoms with Crippen molar-refractivity contribution in [1.29, 1.82) is 5.26 Å². The third kappa shape index (κ3) is 4.63. The van der Waals surface area contributed by atoms with E-state index >= 15 is 0 Å². The monoisotopic (exact) mass is 422 g/mol. The van der Waals surface area contributed by atoms with Gasteiger partial charge in [-0.3, -0.25) is 9.36 Å². The highest BCUT2D eigenvalue weighted by atomic mass is 16.5. The Labute approximate surface area is 177 Å². The van der Waals surface area contributed by atoms with Crippen molar-refractivity contribution in [2.75, 3.05) is 19.7 Å². The number of fused-ring (bicyclic) bond motifs is 1. The molecule has 4 rings (SSSR count). The predicted octanol–water partition coefficient (Wildman–Crippen LogP) is 0.518. The van der Waals surface area contributed by atoms with Crippen molar-refractivity contribution in [3.63, 3.8) is 0 Å². The van der Waals surface area contributed by atoms with Gasteiger partial charge in [0.2, 0.25) is 0 Å². The van der Waals surface area contributed by atoms with Crippen LogP contribution < -0.4 is 16.4 Å². The van der Waals surface area contributed by atoms with Crippen LogP contribution in [0.15, 0.2) is 39.5 Å². The quantitative estimate of drug-likeness (QED) is 0.607. The summed E-state index contributed by atoms with van der Waals surface area (Å²) >= 11 is 0. The standard InChI is InChI=1S/C21H22N6O4/c1-27-17-9-13(3-6-18(17)31-21(27)29)16-5-4-14(25-26-16)10-15(11-22)24-20(28)19-12-23-7-2-8-30-19/h3-6,9,15,19,23H,2,7-8,10,12H2,1H3,(H,24,28)/t15-,19?/m1/s1. The molecule has 1 aromatic carbocycles. The number of nitriles is 1. The molecule has 2 aromatic heterocycles. The van der Waals surface area contributed by atoms with Gasteiger partial charge in [0.05, 0.1) is 23.0 Å². The molecule has 3 heterocycles. The zero-order chi connectivity index (χ0) is 21.8. The van der Waals surface area contributed by atoms with Crippen LogP contribution in [0.25, 0.3) is 22.4 Å². The van der Waals surface area contributed by atoms with Crippen molar-refractivity contribution in [2.45, 2.75) is 25.0 Å². The van der Waals surface area contributed by atoms with Gasteiger partial charge in [0.15, 0.2) is 5.58 Å². The smallest absolute Gasteiger partial charge is 0.408 e. The molecule has 2 atom stereocenters. The average molecular weight is 422 g/mol. The maximum absolute atomic E-state index is 12.4. The molecule has 31 heavy (non-hydrogen) atoms. The Balaban J connectivity index is 1.43. The molecule has 10 heteroatoms. The Morgan fingerprint density at radius 2 is 2.26 bits per heavy atom. The van der Waals surface area contributed by atoms with Crippen LogP contribution in [0.1, 0.15) is 12.1 Å². The second-order valence-electron chi connectivity index (χ2n) is 7.33. The van der Waals surface area contributed by atoms with Gasteiger partial charge in [0.25, 0.3) is 5.91 Å². The van der Waals surface area contributed by atoms with Crippen LogP contribution in [0.5, 0.6) is 0 Å². The second-order valence-corrected chi connectivity index (χ2v) is 7.33. The molecule has 1 amide bonds. The molecule has 0 saturated carbocycles. The van der Waals surface area contributed by atoms with Gasteiger partial charge in [-0.05, 0) is 43.3 Å². The number of nitrogens with one attached hydrogen (secondary N) is 2. The Morgan fingerprint density at radius 1 is 1.39 bits per heavy atom. The number of carbonyl (C=O) groups is 1. The Hall–Kier alpha value is -3.55. The zero-order valence-corrected chi connectivity index (χ0v) is 17.0. The van der Waals surface area contributed by atoms with Crippen LogP contribution in [0.4, 0.5) is 0 Å². The SMILES string of the molecule is Cn1c(=O)oc2ccc(-c3ccc(C[C@H](C#N)NC(=O)C4CNCCCO4)nn3)cc21. The molecule has 0 aliphatic carbocycles. The van der Waals surface area contributed by atoms with Crippen LogP contribution in [0.2, 0.25) is 0 Å². The number of carbonyl (C=O) groups excluding carboxylic acids is 1. The Bertz CT molecular complexity index is 1170. The van der Waals surface area contributed by atoms with E-state index in [1.165, 1.54) is 4.57 Å². The van der Waals surface area contributed by atoms with E-state index in [-0.39, 0.29) is 12.3 Å². The summed E-state index contributed by atoms with van der Waals surface area (Å²) in [7, 11) is 1.64. The van der Waals surface area contributed by atoms with Gasteiger partial charge in [0.1, 0.15) is 12.1 Å². The summed E-state index contributed by atoms with van der Waals surface area (Å²) in [5.41, 5.74) is 3.14. The van der Waals surface area contributed by atoms with E-state index in [9.17, 15) is 14.9 Å². The zero-order valence-electron chi connectivity index (χ0n) is 17.0. The van der Waals surface area contributed by atoms with Gasteiger partial charge in [-0.1, -0.05) is 0 Å². The highest BCUT2D eigenvalue weighted by Crippen LogP contribution is 2.22. The minimum Gasteiger partial charge on any atom is -0.408 e. The van der Waals surface area contributed by atoms with E-state index in [4.69, 9.17) is 9.15 Å². The third-order valence-corrected chi connectivity index (χ3v) is 5.13. The molecule has 0 spiro atoms. The van der Waals surface area contributed by atoms with E-state index in [0.717, 1.165) is 18.5 Å². The number of nitrogens with zero attached hydrogens (tertiary/aromatic N) is 4. The first-order valence-corrected chi connectivity index (χ1v) is 10.00. The van der Waals surface area contributed by atoms with Crippen molar-refractivity contribution in [3.05, 3.63) is 46.6 Å². The fourth-order valence-electron chi connectivity index (χ4n) is 3.39. The van der Waals surface area contributed by atoms with Crippen molar-refractivity contribution in [1.82, 2.24) is 25.4 Å². The fourth-order valence-corrected chi connectivity index (χ4v) is 3.39. The molecule has 1 saturated heterocycles. The number of amides is 1. The van der Waals surface area contributed by atoms with Crippen LogP contribution in [-0.4, -0.2) is 52.5 Å². The molecule has 160 valence electrons. The number of hydrogen-bond donors (Lipinski definition) is 2. The van der Waals surface area contributed by atoms with Crippen LogP contribution in [-0.2, 0) is 23.0 Å². The van der Waals surface area contributed by atoms with Gasteiger partial charge in [-0.15, -0.1) is 0 Å². The molecule has 1 aliphatic heterocycles. The summed E-state index contributed by atoms with van der Waals surface area (Å²) in [6, 6.07) is 10.2. The van der Waals surface area contributed by atoms with Gasteiger partial charge in [0, 0.05) is 32.2 Å². The number of aromatic nitrogens is 3. The largest absolute Gasteiger partial charge is 0.419 e. The van der Waals surface area contributed by atoms with E-state index in [1.54, 1.807) is 31.3 Å². The average Bonchev–Trinajstić information content (AvgIpc) is 2.96. The van der Waals surface area contributed by atoms with E-state index in [1.807, 2.05) is 6.07 Å². The summed E-state index contributed by atoms with van der Waals surface area (Å²) in [6.45, 7) is 1.73. The molecular formula is C21H22N6O4. The molecule has 1 unspecified atom stereocenters. The van der Waals surface area contributed by atoms with Crippen LogP contribution in [0.3, 0.4) is 0 Å². The Kier molecular flexibility index (Phi) is 6.06. The first-order chi connectivity index (χ1) is 15.0. The van der Waals surface area contributed by atoms with Crippen LogP contribution in [0, 0.1) is 11.3 Å². The normalized spacial score (nSPS) is 17.6. The van der Waals surface area contributed by atoms with Crippen molar-refractivity contribution >= 4 is 17.0 Å². The first-order valence-electron chi connectivity index (χ1n) is 10.00. The molecule has 1 fully saturated rings. The van der Waals surface area contributed by atoms with Gasteiger partial charge >= 0.3 is 5.76 Å². The lowest BCUT2D eigenvalue weighted by molar-refractivity contribution is -0.132. The van der Waals surface area contributed by atoms with Crippen molar-refractivity contribution in [2.24, 2.45) is 7.05 Å². The number of rotatable bonds is 5. The molecule has 2 N–H and O–H groups in total. The second kappa shape index (κ2) is 9.07. The minimum absolute atomic E-state index is 0.227. The lowest BCUT2D eigenvalue weighted by Crippen LogP contribution is -2.46. The number of benzene rings is 1. The molecule has 0 radical (unpaired) electrons. The number of aryl methyl sites for hydroxylation is 1. The molecule has 1 aliphatic rings. The van der Waals surface area contributed by atoms with Gasteiger partial charge in [-0.25, -0.2) is 4.79 Å². The van der Waals surface area contributed by atoms with E-state index < -0.39 is 17.9 Å². The molecule has 10 nitrogen and oxygen atoms in total. The topological polar surface area (TPSA) is 135 Å². The molecule has 0 bridgehead atoms. The summed E-state index contributed by atoms with van der Waals surface area (Å²) in [4.78, 5) is 24.0. The maximum atomic E-state index is 12.4. The van der Waals surface area contributed by atoms with Gasteiger partial charge < -0.3 is 19.8 Å². The lowest BCUT2D eigenvalue weighted by atomic mass is 10.1. The van der Waals surface area contributed by atoms with Crippen molar-refractivity contribution in [3.8, 4) is 17.3 Å². The highest BCUT2D eigenvalue weighted by molar-refractivity contribution is 5.82. The summed E-state index contributed by atoms with van der Waals surface area (Å²) in [5, 5.41) is 23.7. The molecular weight excluding hydrogens is 400 g/mol. The van der Waals surface area contributed by atoms with Crippen molar-refractivity contribution < 1.29 is 13.9 Å². The maximum Gasteiger partial charge on any atom is 0.419 e. The van der Waals surface area contributed by atoms with Crippen LogP contribution >= 0.6 is 0 Å². The minimum atomic E-state index is -0.740. The third-order valence-electron chi connectivity index (χ3n) is 5.13. The molecule has 3 aromatic rings. The summed E-state index contributed by atoms with van der Waals surface area (Å²) in [5.74, 6) is -0.743. The summed E-state index contributed by atoms with van der Waals surface area (Å²) in [6.07, 6.45) is 0.461. The fraction of sp³-hybridized carbons (Fsp3) is 0.381. The number of oxazole rings is 1. The number of ether oxygens (including phenoxy) is 1. The lowest BCUT2D eigenvalue weighted by Gasteiger charge is -2.17. The first kappa shape index (κ1) is 20.7.